The first-order valence-electron chi connectivity index (χ1n) is 9.06. The molecule has 0 aliphatic heterocycles. The number of nitrogens with one attached hydrogen (secondary N) is 1. The molecule has 0 fully saturated rings. The van der Waals surface area contributed by atoms with E-state index in [1.54, 1.807) is 6.92 Å². The molecule has 2 aromatic carbocycles. The van der Waals surface area contributed by atoms with Crippen molar-refractivity contribution in [3.63, 3.8) is 0 Å². The number of ether oxygens (including phenoxy) is 2. The topological polar surface area (TPSA) is 77.8 Å². The van der Waals surface area contributed by atoms with Crippen molar-refractivity contribution in [2.75, 3.05) is 13.2 Å². The van der Waals surface area contributed by atoms with E-state index in [4.69, 9.17) is 13.9 Å². The molecular formula is C22H23NO5. The molecule has 0 saturated heterocycles. The number of hydrogen-bond donors (Lipinski definition) is 1. The van der Waals surface area contributed by atoms with Crippen LogP contribution in [0.3, 0.4) is 0 Å². The molecule has 0 aliphatic carbocycles. The highest BCUT2D eigenvalue weighted by Gasteiger charge is 2.16. The van der Waals surface area contributed by atoms with Crippen LogP contribution in [0, 0.1) is 13.8 Å². The predicted octanol–water partition coefficient (Wildman–Crippen LogP) is 3.85. The van der Waals surface area contributed by atoms with Crippen LogP contribution >= 0.6 is 0 Å². The maximum absolute atomic E-state index is 12.0. The van der Waals surface area contributed by atoms with Gasteiger partial charge in [-0.1, -0.05) is 30.3 Å². The number of benzene rings is 2. The maximum atomic E-state index is 12.0. The summed E-state index contributed by atoms with van der Waals surface area (Å²) in [6, 6.07) is 14.9. The number of esters is 1. The predicted molar refractivity (Wildman–Crippen MR) is 105 cm³/mol. The first-order chi connectivity index (χ1) is 13.4. The zero-order valence-corrected chi connectivity index (χ0v) is 16.2. The highest BCUT2D eigenvalue weighted by molar-refractivity contribution is 5.82. The molecule has 6 heteroatoms. The first-order valence-corrected chi connectivity index (χ1v) is 9.06. The zero-order valence-electron chi connectivity index (χ0n) is 16.2. The lowest BCUT2D eigenvalue weighted by molar-refractivity contribution is -0.150. The molecule has 0 aliphatic rings. The zero-order chi connectivity index (χ0) is 20.1. The van der Waals surface area contributed by atoms with Gasteiger partial charge >= 0.3 is 5.97 Å². The van der Waals surface area contributed by atoms with Gasteiger partial charge in [-0.15, -0.1) is 0 Å². The number of hydrogen-bond acceptors (Lipinski definition) is 5. The second kappa shape index (κ2) is 8.61. The third-order valence-corrected chi connectivity index (χ3v) is 4.30. The van der Waals surface area contributed by atoms with Crippen LogP contribution in [0.5, 0.6) is 5.75 Å². The molecular weight excluding hydrogens is 358 g/mol. The molecule has 1 heterocycles. The van der Waals surface area contributed by atoms with Gasteiger partial charge < -0.3 is 19.2 Å². The van der Waals surface area contributed by atoms with Crippen LogP contribution in [0.1, 0.15) is 29.9 Å². The standard InChI is InChI=1S/C22H23NO5/c1-14-8-9-15(2)19(10-14)26-13-22(25)27-12-21(24)23-16(3)20-11-17-6-4-5-7-18(17)28-20/h4-11,16H,12-13H2,1-3H3,(H,23,24)/t16-/m1/s1. The fraction of sp³-hybridized carbons (Fsp3) is 0.273. The van der Waals surface area contributed by atoms with E-state index >= 15 is 0 Å². The highest BCUT2D eigenvalue weighted by Crippen LogP contribution is 2.23. The molecule has 146 valence electrons. The molecule has 3 aromatic rings. The normalized spacial score (nSPS) is 11.8. The average Bonchev–Trinajstić information content (AvgIpc) is 3.11. The van der Waals surface area contributed by atoms with Crippen LogP contribution in [0.2, 0.25) is 0 Å². The van der Waals surface area contributed by atoms with Crippen molar-refractivity contribution in [2.45, 2.75) is 26.8 Å². The smallest absolute Gasteiger partial charge is 0.344 e. The van der Waals surface area contributed by atoms with Gasteiger partial charge in [0.2, 0.25) is 0 Å². The van der Waals surface area contributed by atoms with E-state index in [1.165, 1.54) is 0 Å². The van der Waals surface area contributed by atoms with Crippen molar-refractivity contribution in [2.24, 2.45) is 0 Å². The van der Waals surface area contributed by atoms with Crippen LogP contribution in [0.4, 0.5) is 0 Å². The third-order valence-electron chi connectivity index (χ3n) is 4.30. The molecule has 0 unspecified atom stereocenters. The van der Waals surface area contributed by atoms with E-state index in [-0.39, 0.29) is 19.3 Å². The molecule has 1 atom stereocenters. The summed E-state index contributed by atoms with van der Waals surface area (Å²) in [7, 11) is 0. The number of rotatable bonds is 7. The maximum Gasteiger partial charge on any atom is 0.344 e. The van der Waals surface area contributed by atoms with Gasteiger partial charge in [-0.3, -0.25) is 4.79 Å². The molecule has 28 heavy (non-hydrogen) atoms. The molecule has 0 bridgehead atoms. The van der Waals surface area contributed by atoms with Crippen LogP contribution in [-0.4, -0.2) is 25.1 Å². The van der Waals surface area contributed by atoms with Gasteiger partial charge in [-0.05, 0) is 50.1 Å². The highest BCUT2D eigenvalue weighted by atomic mass is 16.6. The summed E-state index contributed by atoms with van der Waals surface area (Å²) < 4.78 is 16.2. The van der Waals surface area contributed by atoms with Crippen molar-refractivity contribution in [3.05, 3.63) is 65.4 Å². The van der Waals surface area contributed by atoms with E-state index in [2.05, 4.69) is 5.32 Å². The van der Waals surface area contributed by atoms with E-state index in [0.717, 1.165) is 22.1 Å². The summed E-state index contributed by atoms with van der Waals surface area (Å²) in [5.74, 6) is 0.250. The summed E-state index contributed by atoms with van der Waals surface area (Å²) in [6.07, 6.45) is 0. The second-order valence-electron chi connectivity index (χ2n) is 6.69. The Labute approximate surface area is 163 Å². The van der Waals surface area contributed by atoms with Gasteiger partial charge in [0, 0.05) is 5.39 Å². The molecule has 1 aromatic heterocycles. The van der Waals surface area contributed by atoms with E-state index < -0.39 is 11.9 Å². The Hall–Kier alpha value is -3.28. The molecule has 1 N–H and O–H groups in total. The summed E-state index contributed by atoms with van der Waals surface area (Å²) >= 11 is 0. The Kier molecular flexibility index (Phi) is 5.99. The first kappa shape index (κ1) is 19.5. The van der Waals surface area contributed by atoms with E-state index in [1.807, 2.05) is 62.4 Å². The summed E-state index contributed by atoms with van der Waals surface area (Å²) in [5, 5.41) is 3.72. The number of amides is 1. The van der Waals surface area contributed by atoms with Crippen molar-refractivity contribution >= 4 is 22.8 Å². The SMILES string of the molecule is Cc1ccc(C)c(OCC(=O)OCC(=O)N[C@H](C)c2cc3ccccc3o2)c1. The number of furan rings is 1. The Morgan fingerprint density at radius 1 is 1.07 bits per heavy atom. The van der Waals surface area contributed by atoms with Crippen molar-refractivity contribution < 1.29 is 23.5 Å². The van der Waals surface area contributed by atoms with Gasteiger partial charge in [0.15, 0.2) is 13.2 Å². The summed E-state index contributed by atoms with van der Waals surface area (Å²) in [6.45, 7) is 5.02. The minimum Gasteiger partial charge on any atom is -0.482 e. The molecule has 1 amide bonds. The minimum absolute atomic E-state index is 0.253. The fourth-order valence-electron chi connectivity index (χ4n) is 2.76. The van der Waals surface area contributed by atoms with Crippen molar-refractivity contribution in [1.82, 2.24) is 5.32 Å². The van der Waals surface area contributed by atoms with Crippen LogP contribution in [-0.2, 0) is 14.3 Å². The Balaban J connectivity index is 1.45. The summed E-state index contributed by atoms with van der Waals surface area (Å²) in [5.41, 5.74) is 2.72. The molecule has 3 rings (SSSR count). The quantitative estimate of drug-likeness (QED) is 0.629. The Morgan fingerprint density at radius 2 is 1.86 bits per heavy atom. The number of para-hydroxylation sites is 1. The average molecular weight is 381 g/mol. The molecule has 0 radical (unpaired) electrons. The van der Waals surface area contributed by atoms with Gasteiger partial charge in [0.05, 0.1) is 6.04 Å². The van der Waals surface area contributed by atoms with Crippen LogP contribution in [0.15, 0.2) is 52.9 Å². The number of aryl methyl sites for hydroxylation is 2. The monoisotopic (exact) mass is 381 g/mol. The van der Waals surface area contributed by atoms with Gasteiger partial charge in [-0.25, -0.2) is 4.79 Å². The van der Waals surface area contributed by atoms with Crippen LogP contribution in [0.25, 0.3) is 11.0 Å². The van der Waals surface area contributed by atoms with Gasteiger partial charge in [-0.2, -0.15) is 0 Å². The fourth-order valence-corrected chi connectivity index (χ4v) is 2.76. The number of carbonyl (C=O) groups is 2. The van der Waals surface area contributed by atoms with E-state index in [0.29, 0.717) is 11.5 Å². The largest absolute Gasteiger partial charge is 0.482 e. The molecule has 6 nitrogen and oxygen atoms in total. The summed E-state index contributed by atoms with van der Waals surface area (Å²) in [4.78, 5) is 23.9. The lowest BCUT2D eigenvalue weighted by atomic mass is 10.1. The molecule has 0 spiro atoms. The van der Waals surface area contributed by atoms with Crippen LogP contribution < -0.4 is 10.1 Å². The number of fused-ring (bicyclic) bond motifs is 1. The third kappa shape index (κ3) is 4.91. The number of carbonyl (C=O) groups excluding carboxylic acids is 2. The lowest BCUT2D eigenvalue weighted by Gasteiger charge is -2.12. The van der Waals surface area contributed by atoms with Crippen molar-refractivity contribution in [3.8, 4) is 5.75 Å². The Morgan fingerprint density at radius 3 is 2.64 bits per heavy atom. The van der Waals surface area contributed by atoms with Gasteiger partial charge in [0.1, 0.15) is 17.1 Å². The molecule has 0 saturated carbocycles. The Bertz CT molecular complexity index is 959. The van der Waals surface area contributed by atoms with E-state index in [9.17, 15) is 9.59 Å². The second-order valence-corrected chi connectivity index (χ2v) is 6.69. The van der Waals surface area contributed by atoms with Crippen molar-refractivity contribution in [1.29, 1.82) is 0 Å². The lowest BCUT2D eigenvalue weighted by Crippen LogP contribution is -2.31. The minimum atomic E-state index is -0.604. The van der Waals surface area contributed by atoms with Gasteiger partial charge in [0.25, 0.3) is 5.91 Å².